The van der Waals surface area contributed by atoms with Gasteiger partial charge < -0.3 is 10.3 Å². The van der Waals surface area contributed by atoms with Crippen molar-refractivity contribution in [1.29, 1.82) is 0 Å². The molecule has 2 aromatic rings. The zero-order valence-electron chi connectivity index (χ0n) is 12.3. The van der Waals surface area contributed by atoms with Gasteiger partial charge in [-0.3, -0.25) is 0 Å². The number of benzene rings is 1. The lowest BCUT2D eigenvalue weighted by Gasteiger charge is -2.33. The maximum absolute atomic E-state index is 6.65. The first-order valence-corrected chi connectivity index (χ1v) is 8.48. The smallest absolute Gasteiger partial charge is 0.111 e. The van der Waals surface area contributed by atoms with Gasteiger partial charge in [-0.25, -0.2) is 4.98 Å². The van der Waals surface area contributed by atoms with Crippen molar-refractivity contribution < 1.29 is 0 Å². The van der Waals surface area contributed by atoms with Crippen LogP contribution in [0.4, 0.5) is 0 Å². The summed E-state index contributed by atoms with van der Waals surface area (Å²) in [5, 5.41) is 0.759. The van der Waals surface area contributed by atoms with Crippen molar-refractivity contribution in [3.8, 4) is 0 Å². The van der Waals surface area contributed by atoms with Crippen molar-refractivity contribution >= 4 is 22.6 Å². The highest BCUT2D eigenvalue weighted by atomic mass is 35.5. The van der Waals surface area contributed by atoms with Crippen LogP contribution in [0.1, 0.15) is 56.8 Å². The third kappa shape index (κ3) is 2.58. The minimum atomic E-state index is -0.0595. The zero-order chi connectivity index (χ0) is 14.4. The molecule has 1 aromatic heterocycles. The van der Waals surface area contributed by atoms with Crippen LogP contribution in [0.3, 0.4) is 0 Å². The lowest BCUT2D eigenvalue weighted by Crippen LogP contribution is -2.44. The average molecular weight is 304 g/mol. The summed E-state index contributed by atoms with van der Waals surface area (Å²) in [5.41, 5.74) is 8.83. The average Bonchev–Trinajstić information content (AvgIpc) is 3.21. The molecule has 112 valence electrons. The molecular weight excluding hydrogens is 282 g/mol. The van der Waals surface area contributed by atoms with E-state index in [1.165, 1.54) is 43.4 Å². The van der Waals surface area contributed by atoms with Crippen LogP contribution in [0, 0.1) is 0 Å². The number of rotatable bonds is 3. The van der Waals surface area contributed by atoms with E-state index in [2.05, 4.69) is 10.6 Å². The first-order valence-electron chi connectivity index (χ1n) is 8.10. The number of imidazole rings is 1. The van der Waals surface area contributed by atoms with E-state index in [4.69, 9.17) is 22.3 Å². The Morgan fingerprint density at radius 1 is 1.24 bits per heavy atom. The minimum Gasteiger partial charge on any atom is -0.325 e. The fourth-order valence-electron chi connectivity index (χ4n) is 3.73. The van der Waals surface area contributed by atoms with E-state index in [1.54, 1.807) is 0 Å². The molecule has 0 bridgehead atoms. The van der Waals surface area contributed by atoms with Crippen molar-refractivity contribution in [1.82, 2.24) is 9.55 Å². The monoisotopic (exact) mass is 303 g/mol. The summed E-state index contributed by atoms with van der Waals surface area (Å²) in [6, 6.07) is 6.67. The van der Waals surface area contributed by atoms with Crippen LogP contribution >= 0.6 is 11.6 Å². The molecule has 0 radical (unpaired) electrons. The molecule has 1 aromatic carbocycles. The molecule has 2 aliphatic carbocycles. The van der Waals surface area contributed by atoms with Crippen molar-refractivity contribution in [2.75, 3.05) is 0 Å². The fourth-order valence-corrected chi connectivity index (χ4v) is 3.90. The fraction of sp³-hybridized carbons (Fsp3) is 0.588. The minimum absolute atomic E-state index is 0.0595. The van der Waals surface area contributed by atoms with Gasteiger partial charge in [-0.05, 0) is 43.9 Å². The first-order chi connectivity index (χ1) is 10.1. The predicted molar refractivity (Wildman–Crippen MR) is 86.7 cm³/mol. The molecule has 0 aliphatic heterocycles. The summed E-state index contributed by atoms with van der Waals surface area (Å²) < 4.78 is 2.43. The number of fused-ring (bicyclic) bond motifs is 1. The summed E-state index contributed by atoms with van der Waals surface area (Å²) in [7, 11) is 0. The van der Waals surface area contributed by atoms with Gasteiger partial charge in [0.05, 0.1) is 11.0 Å². The number of nitrogens with zero attached hydrogens (tertiary/aromatic N) is 2. The second kappa shape index (κ2) is 4.99. The molecule has 1 heterocycles. The van der Waals surface area contributed by atoms with Crippen LogP contribution in [0.15, 0.2) is 18.2 Å². The van der Waals surface area contributed by atoms with Crippen LogP contribution < -0.4 is 5.73 Å². The topological polar surface area (TPSA) is 43.8 Å². The van der Waals surface area contributed by atoms with Gasteiger partial charge in [0.1, 0.15) is 5.82 Å². The van der Waals surface area contributed by atoms with Crippen LogP contribution in [0.25, 0.3) is 11.0 Å². The third-order valence-corrected chi connectivity index (χ3v) is 5.23. The third-order valence-electron chi connectivity index (χ3n) is 5.00. The summed E-state index contributed by atoms with van der Waals surface area (Å²) in [4.78, 5) is 4.87. The summed E-state index contributed by atoms with van der Waals surface area (Å²) in [6.45, 7) is 0. The van der Waals surface area contributed by atoms with Gasteiger partial charge >= 0.3 is 0 Å². The Labute approximate surface area is 130 Å². The lowest BCUT2D eigenvalue weighted by atomic mass is 9.80. The first kappa shape index (κ1) is 13.6. The second-order valence-corrected chi connectivity index (χ2v) is 7.30. The summed E-state index contributed by atoms with van der Waals surface area (Å²) in [6.07, 6.45) is 9.52. The predicted octanol–water partition coefficient (Wildman–Crippen LogP) is 4.23. The molecule has 2 fully saturated rings. The van der Waals surface area contributed by atoms with Gasteiger partial charge in [-0.2, -0.15) is 0 Å². The van der Waals surface area contributed by atoms with E-state index < -0.39 is 0 Å². The van der Waals surface area contributed by atoms with Crippen LogP contribution in [0.5, 0.6) is 0 Å². The van der Waals surface area contributed by atoms with Gasteiger partial charge in [0.2, 0.25) is 0 Å². The number of aromatic nitrogens is 2. The Morgan fingerprint density at radius 2 is 2.00 bits per heavy atom. The van der Waals surface area contributed by atoms with Gasteiger partial charge in [-0.15, -0.1) is 0 Å². The van der Waals surface area contributed by atoms with Gasteiger partial charge in [0.25, 0.3) is 0 Å². The molecule has 0 atom stereocenters. The molecule has 3 nitrogen and oxygen atoms in total. The zero-order valence-corrected chi connectivity index (χ0v) is 13.1. The molecule has 2 N–H and O–H groups in total. The Kier molecular flexibility index (Phi) is 3.23. The number of halogens is 1. The molecule has 0 unspecified atom stereocenters. The van der Waals surface area contributed by atoms with Crippen LogP contribution in [-0.4, -0.2) is 15.1 Å². The van der Waals surface area contributed by atoms with Crippen molar-refractivity contribution in [2.45, 2.75) is 62.9 Å². The lowest BCUT2D eigenvalue weighted by molar-refractivity contribution is 0.287. The largest absolute Gasteiger partial charge is 0.325 e. The summed E-state index contributed by atoms with van der Waals surface area (Å²) >= 11 is 6.12. The van der Waals surface area contributed by atoms with Gasteiger partial charge in [-0.1, -0.05) is 30.9 Å². The van der Waals surface area contributed by atoms with Crippen molar-refractivity contribution in [3.63, 3.8) is 0 Å². The number of hydrogen-bond donors (Lipinski definition) is 1. The van der Waals surface area contributed by atoms with Crippen molar-refractivity contribution in [2.24, 2.45) is 5.73 Å². The van der Waals surface area contributed by atoms with Crippen molar-refractivity contribution in [3.05, 3.63) is 29.0 Å². The van der Waals surface area contributed by atoms with Crippen LogP contribution in [0.2, 0.25) is 5.02 Å². The molecule has 2 saturated carbocycles. The molecule has 4 heteroatoms. The van der Waals surface area contributed by atoms with Crippen LogP contribution in [-0.2, 0) is 6.42 Å². The Bertz CT molecular complexity index is 666. The highest BCUT2D eigenvalue weighted by molar-refractivity contribution is 6.31. The normalized spacial score (nSPS) is 21.8. The number of hydrogen-bond acceptors (Lipinski definition) is 2. The number of nitrogens with two attached hydrogens (primary N) is 1. The van der Waals surface area contributed by atoms with E-state index in [-0.39, 0.29) is 5.54 Å². The van der Waals surface area contributed by atoms with E-state index in [9.17, 15) is 0 Å². The van der Waals surface area contributed by atoms with E-state index in [0.717, 1.165) is 29.8 Å². The van der Waals surface area contributed by atoms with E-state index >= 15 is 0 Å². The second-order valence-electron chi connectivity index (χ2n) is 6.86. The quantitative estimate of drug-likeness (QED) is 0.922. The summed E-state index contributed by atoms with van der Waals surface area (Å²) in [5.74, 6) is 1.17. The maximum Gasteiger partial charge on any atom is 0.111 e. The Balaban J connectivity index is 1.75. The SMILES string of the molecule is NC1(Cc2nc3cc(Cl)ccc3n2C2CC2)CCCCC1. The molecule has 0 spiro atoms. The molecule has 21 heavy (non-hydrogen) atoms. The molecular formula is C17H22ClN3. The van der Waals surface area contributed by atoms with Gasteiger partial charge in [0.15, 0.2) is 0 Å². The molecule has 0 amide bonds. The highest BCUT2D eigenvalue weighted by Gasteiger charge is 2.33. The highest BCUT2D eigenvalue weighted by Crippen LogP contribution is 2.40. The van der Waals surface area contributed by atoms with Gasteiger partial charge in [0, 0.05) is 23.0 Å². The Morgan fingerprint density at radius 3 is 2.71 bits per heavy atom. The molecule has 2 aliphatic rings. The Hall–Kier alpha value is -1.06. The van der Waals surface area contributed by atoms with E-state index in [0.29, 0.717) is 6.04 Å². The molecule has 0 saturated heterocycles. The van der Waals surface area contributed by atoms with E-state index in [1.807, 2.05) is 12.1 Å². The maximum atomic E-state index is 6.65. The molecule has 4 rings (SSSR count). The standard InChI is InChI=1S/C17H22ClN3/c18-12-4-7-15-14(10-12)20-16(21(15)13-5-6-13)11-17(19)8-2-1-3-9-17/h4,7,10,13H,1-3,5-6,8-9,11,19H2.